The normalized spacial score (nSPS) is 10.4. The van der Waals surface area contributed by atoms with Gasteiger partial charge in [-0.05, 0) is 12.1 Å². The molecule has 0 unspecified atom stereocenters. The fourth-order valence-electron chi connectivity index (χ4n) is 1.74. The Hall–Kier alpha value is -2.62. The molecule has 2 heterocycles. The third-order valence-corrected chi connectivity index (χ3v) is 2.56. The first-order chi connectivity index (χ1) is 8.83. The number of benzene rings is 1. The molecule has 0 aliphatic carbocycles. The van der Waals surface area contributed by atoms with Crippen LogP contribution in [0, 0.1) is 0 Å². The minimum atomic E-state index is 0.426. The Balaban J connectivity index is 2.12. The summed E-state index contributed by atoms with van der Waals surface area (Å²) in [6.45, 7) is 0. The number of nitrogens with two attached hydrogens (primary N) is 1. The second kappa shape index (κ2) is 4.33. The van der Waals surface area contributed by atoms with Crippen molar-refractivity contribution < 1.29 is 4.42 Å². The quantitative estimate of drug-likeness (QED) is 0.744. The predicted molar refractivity (Wildman–Crippen MR) is 69.6 cm³/mol. The molecule has 3 aromatic rings. The zero-order valence-corrected chi connectivity index (χ0v) is 9.58. The molecule has 18 heavy (non-hydrogen) atoms. The van der Waals surface area contributed by atoms with Crippen molar-refractivity contribution in [1.82, 2.24) is 9.97 Å². The van der Waals surface area contributed by atoms with Gasteiger partial charge in [-0.15, -0.1) is 0 Å². The van der Waals surface area contributed by atoms with Gasteiger partial charge in [-0.25, -0.2) is 9.97 Å². The van der Waals surface area contributed by atoms with E-state index in [9.17, 15) is 0 Å². The maximum atomic E-state index is 5.81. The highest BCUT2D eigenvalue weighted by Gasteiger charge is 2.08. The number of hydrogen-bond donors (Lipinski definition) is 1. The second-order valence-corrected chi connectivity index (χ2v) is 3.84. The Kier molecular flexibility index (Phi) is 2.53. The fraction of sp³-hybridized carbons (Fsp3) is 0. The van der Waals surface area contributed by atoms with Crippen molar-refractivity contribution >= 4 is 5.82 Å². The van der Waals surface area contributed by atoms with E-state index in [1.54, 1.807) is 18.4 Å². The van der Waals surface area contributed by atoms with Crippen LogP contribution in [0.25, 0.3) is 22.8 Å². The molecule has 0 aliphatic heterocycles. The van der Waals surface area contributed by atoms with Gasteiger partial charge in [0.2, 0.25) is 0 Å². The third kappa shape index (κ3) is 1.96. The Morgan fingerprint density at radius 1 is 0.944 bits per heavy atom. The number of nitrogen functional groups attached to an aromatic ring is 1. The summed E-state index contributed by atoms with van der Waals surface area (Å²) in [5.41, 5.74) is 7.60. The smallest absolute Gasteiger partial charge is 0.198 e. The highest BCUT2D eigenvalue weighted by atomic mass is 16.3. The van der Waals surface area contributed by atoms with E-state index in [2.05, 4.69) is 9.97 Å². The first-order valence-corrected chi connectivity index (χ1v) is 5.57. The molecule has 3 rings (SSSR count). The molecule has 0 radical (unpaired) electrons. The molecule has 0 saturated heterocycles. The number of aromatic nitrogens is 2. The van der Waals surface area contributed by atoms with Crippen LogP contribution in [0.4, 0.5) is 5.82 Å². The Morgan fingerprint density at radius 3 is 2.50 bits per heavy atom. The topological polar surface area (TPSA) is 64.9 Å². The van der Waals surface area contributed by atoms with Gasteiger partial charge in [0.1, 0.15) is 5.82 Å². The highest BCUT2D eigenvalue weighted by molar-refractivity contribution is 5.65. The van der Waals surface area contributed by atoms with Crippen molar-refractivity contribution in [1.29, 1.82) is 0 Å². The largest absolute Gasteiger partial charge is 0.461 e. The molecular weight excluding hydrogens is 226 g/mol. The molecule has 88 valence electrons. The zero-order valence-electron chi connectivity index (χ0n) is 9.58. The van der Waals surface area contributed by atoms with E-state index < -0.39 is 0 Å². The van der Waals surface area contributed by atoms with E-state index in [0.29, 0.717) is 17.4 Å². The van der Waals surface area contributed by atoms with Gasteiger partial charge in [-0.1, -0.05) is 30.3 Å². The molecule has 0 spiro atoms. The fourth-order valence-corrected chi connectivity index (χ4v) is 1.74. The van der Waals surface area contributed by atoms with Gasteiger partial charge in [-0.3, -0.25) is 0 Å². The van der Waals surface area contributed by atoms with Crippen LogP contribution in [0.2, 0.25) is 0 Å². The number of rotatable bonds is 2. The molecule has 2 aromatic heterocycles. The summed E-state index contributed by atoms with van der Waals surface area (Å²) in [5, 5.41) is 0. The summed E-state index contributed by atoms with van der Waals surface area (Å²) >= 11 is 0. The van der Waals surface area contributed by atoms with E-state index in [1.807, 2.05) is 36.4 Å². The molecule has 0 saturated carbocycles. The maximum Gasteiger partial charge on any atom is 0.198 e. The Bertz CT molecular complexity index is 648. The lowest BCUT2D eigenvalue weighted by molar-refractivity contribution is 0.577. The Labute approximate surface area is 104 Å². The summed E-state index contributed by atoms with van der Waals surface area (Å²) in [5.74, 6) is 1.54. The van der Waals surface area contributed by atoms with Crippen LogP contribution in [-0.2, 0) is 0 Å². The Morgan fingerprint density at radius 2 is 1.78 bits per heavy atom. The third-order valence-electron chi connectivity index (χ3n) is 2.56. The van der Waals surface area contributed by atoms with Crippen molar-refractivity contribution in [2.45, 2.75) is 0 Å². The number of anilines is 1. The first-order valence-electron chi connectivity index (χ1n) is 5.57. The van der Waals surface area contributed by atoms with Crippen LogP contribution in [0.5, 0.6) is 0 Å². The molecule has 2 N–H and O–H groups in total. The molecule has 0 bridgehead atoms. The molecular formula is C14H11N3O. The van der Waals surface area contributed by atoms with E-state index in [0.717, 1.165) is 11.3 Å². The molecule has 0 aliphatic rings. The van der Waals surface area contributed by atoms with E-state index in [-0.39, 0.29) is 0 Å². The molecule has 1 aromatic carbocycles. The monoisotopic (exact) mass is 237 g/mol. The summed E-state index contributed by atoms with van der Waals surface area (Å²) in [6.07, 6.45) is 1.59. The first kappa shape index (κ1) is 10.5. The lowest BCUT2D eigenvalue weighted by Crippen LogP contribution is -1.97. The summed E-state index contributed by atoms with van der Waals surface area (Å²) in [7, 11) is 0. The number of nitrogens with zero attached hydrogens (tertiary/aromatic N) is 2. The minimum absolute atomic E-state index is 0.426. The lowest BCUT2D eigenvalue weighted by Gasteiger charge is -2.04. The molecule has 0 atom stereocenters. The summed E-state index contributed by atoms with van der Waals surface area (Å²) in [4.78, 5) is 8.64. The van der Waals surface area contributed by atoms with Crippen LogP contribution in [0.1, 0.15) is 0 Å². The van der Waals surface area contributed by atoms with Crippen LogP contribution in [0.3, 0.4) is 0 Å². The lowest BCUT2D eigenvalue weighted by atomic mass is 10.1. The summed E-state index contributed by atoms with van der Waals surface area (Å²) in [6, 6.07) is 15.2. The van der Waals surface area contributed by atoms with Gasteiger partial charge in [0.15, 0.2) is 11.6 Å². The average Bonchev–Trinajstić information content (AvgIpc) is 2.93. The maximum absolute atomic E-state index is 5.81. The van der Waals surface area contributed by atoms with Gasteiger partial charge in [0.05, 0.1) is 12.0 Å². The van der Waals surface area contributed by atoms with Crippen molar-refractivity contribution in [2.75, 3.05) is 5.73 Å². The highest BCUT2D eigenvalue weighted by Crippen LogP contribution is 2.23. The van der Waals surface area contributed by atoms with E-state index >= 15 is 0 Å². The number of hydrogen-bond acceptors (Lipinski definition) is 4. The van der Waals surface area contributed by atoms with Crippen LogP contribution >= 0.6 is 0 Å². The van der Waals surface area contributed by atoms with Gasteiger partial charge in [0.25, 0.3) is 0 Å². The molecule has 0 fully saturated rings. The van der Waals surface area contributed by atoms with E-state index in [1.165, 1.54) is 0 Å². The average molecular weight is 237 g/mol. The van der Waals surface area contributed by atoms with Crippen LogP contribution < -0.4 is 5.73 Å². The SMILES string of the molecule is Nc1cc(-c2ccccc2)nc(-c2ccco2)n1. The second-order valence-electron chi connectivity index (χ2n) is 3.84. The number of furan rings is 1. The van der Waals surface area contributed by atoms with Gasteiger partial charge < -0.3 is 10.2 Å². The van der Waals surface area contributed by atoms with Crippen molar-refractivity contribution in [3.8, 4) is 22.8 Å². The van der Waals surface area contributed by atoms with E-state index in [4.69, 9.17) is 10.2 Å². The van der Waals surface area contributed by atoms with Crippen molar-refractivity contribution in [3.63, 3.8) is 0 Å². The summed E-state index contributed by atoms with van der Waals surface area (Å²) < 4.78 is 5.28. The zero-order chi connectivity index (χ0) is 12.4. The molecule has 4 heteroatoms. The van der Waals surface area contributed by atoms with Crippen molar-refractivity contribution in [2.24, 2.45) is 0 Å². The van der Waals surface area contributed by atoms with Gasteiger partial charge in [0, 0.05) is 11.6 Å². The van der Waals surface area contributed by atoms with Crippen LogP contribution in [0.15, 0.2) is 59.2 Å². The standard InChI is InChI=1S/C14H11N3O/c15-13-9-11(10-5-2-1-3-6-10)16-14(17-13)12-7-4-8-18-12/h1-9H,(H2,15,16,17). The van der Waals surface area contributed by atoms with Crippen LogP contribution in [-0.4, -0.2) is 9.97 Å². The van der Waals surface area contributed by atoms with Gasteiger partial charge >= 0.3 is 0 Å². The van der Waals surface area contributed by atoms with Gasteiger partial charge in [-0.2, -0.15) is 0 Å². The minimum Gasteiger partial charge on any atom is -0.461 e. The molecule has 0 amide bonds. The van der Waals surface area contributed by atoms with Crippen molar-refractivity contribution in [3.05, 3.63) is 54.8 Å². The molecule has 4 nitrogen and oxygen atoms in total. The predicted octanol–water partition coefficient (Wildman–Crippen LogP) is 2.99.